The Morgan fingerprint density at radius 3 is 2.81 bits per heavy atom. The van der Waals surface area contributed by atoms with Crippen molar-refractivity contribution in [1.29, 1.82) is 0 Å². The van der Waals surface area contributed by atoms with E-state index in [1.807, 2.05) is 18.4 Å². The summed E-state index contributed by atoms with van der Waals surface area (Å²) >= 11 is 0. The molecule has 3 atom stereocenters. The molecular weight excluding hydrogens is 348 g/mol. The van der Waals surface area contributed by atoms with Crippen LogP contribution in [-0.2, 0) is 14.2 Å². The Morgan fingerprint density at radius 1 is 1.22 bits per heavy atom. The van der Waals surface area contributed by atoms with E-state index in [9.17, 15) is 0 Å². The van der Waals surface area contributed by atoms with Gasteiger partial charge in [-0.25, -0.2) is 15.0 Å². The SMILES string of the molecule is CCCNC1CC2(C1)O[C@@H](n1cnc3c(N)ncnc31)[C@@H]1OC(C)(C)O[C@@H]12. The molecule has 27 heavy (non-hydrogen) atoms. The fourth-order valence-corrected chi connectivity index (χ4v) is 4.65. The van der Waals surface area contributed by atoms with Crippen LogP contribution in [0.25, 0.3) is 11.2 Å². The molecular formula is C18H26N6O3. The molecule has 1 spiro atoms. The van der Waals surface area contributed by atoms with Gasteiger partial charge in [-0.1, -0.05) is 6.92 Å². The minimum atomic E-state index is -0.642. The molecule has 0 amide bonds. The zero-order chi connectivity index (χ0) is 18.8. The van der Waals surface area contributed by atoms with Crippen molar-refractivity contribution in [2.24, 2.45) is 0 Å². The molecule has 146 valence electrons. The number of imidazole rings is 1. The quantitative estimate of drug-likeness (QED) is 0.826. The van der Waals surface area contributed by atoms with Crippen LogP contribution in [-0.4, -0.2) is 55.7 Å². The van der Waals surface area contributed by atoms with Gasteiger partial charge in [-0.3, -0.25) is 4.57 Å². The number of nitrogens with zero attached hydrogens (tertiary/aromatic N) is 4. The van der Waals surface area contributed by atoms with E-state index in [0.717, 1.165) is 25.8 Å². The Morgan fingerprint density at radius 2 is 2.04 bits per heavy atom. The number of nitrogens with two attached hydrogens (primary N) is 1. The van der Waals surface area contributed by atoms with Crippen molar-refractivity contribution < 1.29 is 14.2 Å². The molecule has 3 aliphatic rings. The summed E-state index contributed by atoms with van der Waals surface area (Å²) in [6, 6.07) is 0.453. The summed E-state index contributed by atoms with van der Waals surface area (Å²) in [6.45, 7) is 7.10. The summed E-state index contributed by atoms with van der Waals surface area (Å²) in [6.07, 6.45) is 5.39. The van der Waals surface area contributed by atoms with Gasteiger partial charge in [0.2, 0.25) is 0 Å². The Hall–Kier alpha value is -1.81. The van der Waals surface area contributed by atoms with Gasteiger partial charge >= 0.3 is 0 Å². The van der Waals surface area contributed by atoms with Crippen molar-refractivity contribution in [1.82, 2.24) is 24.8 Å². The van der Waals surface area contributed by atoms with Crippen LogP contribution >= 0.6 is 0 Å². The maximum atomic E-state index is 6.58. The lowest BCUT2D eigenvalue weighted by Crippen LogP contribution is -2.60. The van der Waals surface area contributed by atoms with E-state index < -0.39 is 5.79 Å². The molecule has 2 saturated heterocycles. The highest BCUT2D eigenvalue weighted by Crippen LogP contribution is 2.56. The molecule has 2 aromatic rings. The average Bonchev–Trinajstić information content (AvgIpc) is 3.22. The van der Waals surface area contributed by atoms with Gasteiger partial charge in [-0.2, -0.15) is 0 Å². The topological polar surface area (TPSA) is 109 Å². The fraction of sp³-hybridized carbons (Fsp3) is 0.722. The summed E-state index contributed by atoms with van der Waals surface area (Å²) in [5.74, 6) is -0.282. The summed E-state index contributed by atoms with van der Waals surface area (Å²) in [5, 5.41) is 3.57. The van der Waals surface area contributed by atoms with E-state index in [1.165, 1.54) is 6.33 Å². The molecule has 9 heteroatoms. The lowest BCUT2D eigenvalue weighted by molar-refractivity contribution is -0.239. The van der Waals surface area contributed by atoms with Crippen LogP contribution in [0.15, 0.2) is 12.7 Å². The number of anilines is 1. The van der Waals surface area contributed by atoms with Crippen LogP contribution < -0.4 is 11.1 Å². The Balaban J connectivity index is 1.47. The molecule has 5 rings (SSSR count). The number of hydrogen-bond acceptors (Lipinski definition) is 8. The van der Waals surface area contributed by atoms with E-state index in [4.69, 9.17) is 19.9 Å². The number of aromatic nitrogens is 4. The third kappa shape index (κ3) is 2.56. The van der Waals surface area contributed by atoms with Gasteiger partial charge in [-0.15, -0.1) is 0 Å². The third-order valence-corrected chi connectivity index (χ3v) is 5.81. The predicted molar refractivity (Wildman–Crippen MR) is 97.7 cm³/mol. The van der Waals surface area contributed by atoms with E-state index in [0.29, 0.717) is 23.0 Å². The molecule has 0 unspecified atom stereocenters. The summed E-state index contributed by atoms with van der Waals surface area (Å²) in [4.78, 5) is 12.8. The highest BCUT2D eigenvalue weighted by molar-refractivity contribution is 5.81. The number of ether oxygens (including phenoxy) is 3. The van der Waals surface area contributed by atoms with Crippen LogP contribution in [0.4, 0.5) is 5.82 Å². The van der Waals surface area contributed by atoms with E-state index >= 15 is 0 Å². The molecule has 9 nitrogen and oxygen atoms in total. The van der Waals surface area contributed by atoms with E-state index in [1.54, 1.807) is 6.33 Å². The lowest BCUT2D eigenvalue weighted by Gasteiger charge is -2.47. The second-order valence-corrected chi connectivity index (χ2v) is 8.24. The van der Waals surface area contributed by atoms with Crippen LogP contribution in [0.5, 0.6) is 0 Å². The van der Waals surface area contributed by atoms with Crippen molar-refractivity contribution in [3.63, 3.8) is 0 Å². The standard InChI is InChI=1S/C18H26N6O3/c1-4-5-20-10-6-18(7-10)13-12(25-17(2,3)26-13)16(27-18)24-9-23-11-14(19)21-8-22-15(11)24/h8-10,12-13,16,20H,4-7H2,1-3H3,(H2,19,21,22)/t10?,12-,13+,16-,18?/m1/s1. The Bertz CT molecular complexity index is 862. The normalized spacial score (nSPS) is 37.0. The van der Waals surface area contributed by atoms with Gasteiger partial charge in [0.05, 0.1) is 6.33 Å². The van der Waals surface area contributed by atoms with Crippen LogP contribution in [0.3, 0.4) is 0 Å². The van der Waals surface area contributed by atoms with Crippen molar-refractivity contribution in [2.45, 2.75) is 75.9 Å². The first-order valence-electron chi connectivity index (χ1n) is 9.62. The minimum Gasteiger partial charge on any atom is -0.382 e. The zero-order valence-electron chi connectivity index (χ0n) is 15.9. The second-order valence-electron chi connectivity index (χ2n) is 8.24. The molecule has 4 heterocycles. The third-order valence-electron chi connectivity index (χ3n) is 5.81. The van der Waals surface area contributed by atoms with E-state index in [2.05, 4.69) is 27.2 Å². The summed E-state index contributed by atoms with van der Waals surface area (Å²) in [7, 11) is 0. The average molecular weight is 374 g/mol. The molecule has 3 N–H and O–H groups in total. The first-order chi connectivity index (χ1) is 12.9. The molecule has 3 fully saturated rings. The maximum Gasteiger partial charge on any atom is 0.167 e. The van der Waals surface area contributed by atoms with Gasteiger partial charge in [-0.05, 0) is 39.7 Å². The monoisotopic (exact) mass is 374 g/mol. The van der Waals surface area contributed by atoms with Crippen molar-refractivity contribution in [3.8, 4) is 0 Å². The van der Waals surface area contributed by atoms with Gasteiger partial charge in [0.15, 0.2) is 23.5 Å². The zero-order valence-corrected chi connectivity index (χ0v) is 15.9. The molecule has 1 aliphatic carbocycles. The number of nitrogens with one attached hydrogen (secondary N) is 1. The molecule has 1 saturated carbocycles. The smallest absolute Gasteiger partial charge is 0.167 e. The minimum absolute atomic E-state index is 0.117. The van der Waals surface area contributed by atoms with Crippen molar-refractivity contribution in [2.75, 3.05) is 12.3 Å². The van der Waals surface area contributed by atoms with Gasteiger partial charge in [0.25, 0.3) is 0 Å². The van der Waals surface area contributed by atoms with Gasteiger partial charge < -0.3 is 25.3 Å². The molecule has 0 radical (unpaired) electrons. The van der Waals surface area contributed by atoms with Gasteiger partial charge in [0, 0.05) is 6.04 Å². The fourth-order valence-electron chi connectivity index (χ4n) is 4.65. The first kappa shape index (κ1) is 17.3. The highest BCUT2D eigenvalue weighted by atomic mass is 16.8. The number of fused-ring (bicyclic) bond motifs is 3. The Labute approximate surface area is 157 Å². The Kier molecular flexibility index (Phi) is 3.74. The number of hydrogen-bond donors (Lipinski definition) is 2. The predicted octanol–water partition coefficient (Wildman–Crippen LogP) is 1.36. The van der Waals surface area contributed by atoms with E-state index in [-0.39, 0.29) is 24.0 Å². The summed E-state index contributed by atoms with van der Waals surface area (Å²) < 4.78 is 21.0. The first-order valence-corrected chi connectivity index (χ1v) is 9.62. The van der Waals surface area contributed by atoms with Crippen LogP contribution in [0.1, 0.15) is 46.3 Å². The van der Waals surface area contributed by atoms with Crippen molar-refractivity contribution in [3.05, 3.63) is 12.7 Å². The van der Waals surface area contributed by atoms with Crippen molar-refractivity contribution >= 4 is 17.0 Å². The maximum absolute atomic E-state index is 6.58. The second kappa shape index (κ2) is 5.84. The number of nitrogen functional groups attached to an aromatic ring is 1. The molecule has 0 bridgehead atoms. The largest absolute Gasteiger partial charge is 0.382 e. The van der Waals surface area contributed by atoms with Gasteiger partial charge in [0.1, 0.15) is 29.7 Å². The summed E-state index contributed by atoms with van der Waals surface area (Å²) in [5.41, 5.74) is 6.82. The highest BCUT2D eigenvalue weighted by Gasteiger charge is 2.67. The number of rotatable bonds is 4. The molecule has 0 aromatic carbocycles. The lowest BCUT2D eigenvalue weighted by atomic mass is 9.72. The molecule has 2 aromatic heterocycles. The van der Waals surface area contributed by atoms with Crippen LogP contribution in [0, 0.1) is 0 Å². The van der Waals surface area contributed by atoms with Crippen LogP contribution in [0.2, 0.25) is 0 Å². The molecule has 2 aliphatic heterocycles.